The molecule has 2 saturated heterocycles. The third kappa shape index (κ3) is 4.93. The smallest absolute Gasteiger partial charge is 0.220 e. The molecule has 5 rings (SSSR count). The van der Waals surface area contributed by atoms with E-state index in [9.17, 15) is 28.2 Å². The zero-order valence-corrected chi connectivity index (χ0v) is 19.8. The molecule has 200 valence electrons. The molecular formula is C23H26F3N5O6. The van der Waals surface area contributed by atoms with Gasteiger partial charge in [0.15, 0.2) is 17.5 Å². The maximum atomic E-state index is 13.7. The summed E-state index contributed by atoms with van der Waals surface area (Å²) in [7, 11) is 1.43. The predicted octanol–water partition coefficient (Wildman–Crippen LogP) is 0.710. The number of hydrogen-bond acceptors (Lipinski definition) is 9. The normalized spacial score (nSPS) is 31.8. The lowest BCUT2D eigenvalue weighted by Gasteiger charge is -2.44. The Morgan fingerprint density at radius 2 is 1.97 bits per heavy atom. The summed E-state index contributed by atoms with van der Waals surface area (Å²) in [6, 6.07) is 0.696. The lowest BCUT2D eigenvalue weighted by atomic mass is 9.88. The molecule has 2 aromatic rings. The largest absolute Gasteiger partial charge is 0.394 e. The van der Waals surface area contributed by atoms with Crippen molar-refractivity contribution in [1.29, 1.82) is 0 Å². The number of aliphatic hydroxyl groups is 2. The second-order valence-corrected chi connectivity index (χ2v) is 9.37. The highest BCUT2D eigenvalue weighted by Gasteiger charge is 2.48. The first kappa shape index (κ1) is 25.6. The van der Waals surface area contributed by atoms with Crippen LogP contribution in [0.15, 0.2) is 23.5 Å². The molecule has 37 heavy (non-hydrogen) atoms. The van der Waals surface area contributed by atoms with Crippen molar-refractivity contribution in [1.82, 2.24) is 20.3 Å². The highest BCUT2D eigenvalue weighted by atomic mass is 19.2. The first-order valence-corrected chi connectivity index (χ1v) is 11.8. The van der Waals surface area contributed by atoms with Crippen molar-refractivity contribution in [2.45, 2.75) is 55.8 Å². The van der Waals surface area contributed by atoms with E-state index in [1.54, 1.807) is 0 Å². The number of aromatic nitrogens is 3. The van der Waals surface area contributed by atoms with Gasteiger partial charge in [0.2, 0.25) is 5.91 Å². The van der Waals surface area contributed by atoms with Gasteiger partial charge in [-0.05, 0) is 12.1 Å². The molecule has 1 amide bonds. The van der Waals surface area contributed by atoms with Crippen LogP contribution in [-0.4, -0.2) is 87.6 Å². The molecule has 3 aliphatic rings. The number of methoxy groups -OCH3 is 1. The number of carbonyl (C=O) groups is 1. The summed E-state index contributed by atoms with van der Waals surface area (Å²) in [5, 5.41) is 35.7. The highest BCUT2D eigenvalue weighted by molar-refractivity contribution is 5.94. The van der Waals surface area contributed by atoms with Crippen LogP contribution in [0.5, 0.6) is 0 Å². The molecule has 3 aliphatic heterocycles. The van der Waals surface area contributed by atoms with Gasteiger partial charge in [0.25, 0.3) is 0 Å². The average molecular weight is 525 g/mol. The monoisotopic (exact) mass is 525 g/mol. The number of hydrogen-bond donors (Lipinski definition) is 3. The van der Waals surface area contributed by atoms with Gasteiger partial charge in [-0.25, -0.2) is 17.9 Å². The van der Waals surface area contributed by atoms with Crippen LogP contribution in [0.2, 0.25) is 0 Å². The van der Waals surface area contributed by atoms with Crippen molar-refractivity contribution in [3.63, 3.8) is 0 Å². The fourth-order valence-corrected chi connectivity index (χ4v) is 5.13. The molecule has 0 aliphatic carbocycles. The van der Waals surface area contributed by atoms with Gasteiger partial charge >= 0.3 is 0 Å². The molecular weight excluding hydrogens is 499 g/mol. The molecule has 1 aromatic carbocycles. The molecule has 0 bridgehead atoms. The number of nitrogens with zero attached hydrogens (tertiary/aromatic N) is 4. The first-order valence-electron chi connectivity index (χ1n) is 11.8. The Bertz CT molecular complexity index is 1170. The van der Waals surface area contributed by atoms with Gasteiger partial charge in [-0.3, -0.25) is 4.79 Å². The lowest BCUT2D eigenvalue weighted by molar-refractivity contribution is -0.219. The Kier molecular flexibility index (Phi) is 7.16. The van der Waals surface area contributed by atoms with E-state index >= 15 is 0 Å². The van der Waals surface area contributed by atoms with E-state index in [2.05, 4.69) is 20.8 Å². The van der Waals surface area contributed by atoms with Crippen LogP contribution in [0.4, 0.5) is 13.2 Å². The maximum absolute atomic E-state index is 13.7. The fraction of sp³-hybridized carbons (Fsp3) is 0.565. The van der Waals surface area contributed by atoms with E-state index in [1.807, 2.05) is 0 Å². The summed E-state index contributed by atoms with van der Waals surface area (Å²) in [4.78, 5) is 17.1. The minimum Gasteiger partial charge on any atom is -0.394 e. The van der Waals surface area contributed by atoms with Crippen LogP contribution in [0.1, 0.15) is 25.3 Å². The molecule has 0 spiro atoms. The van der Waals surface area contributed by atoms with Crippen molar-refractivity contribution >= 4 is 11.6 Å². The number of amides is 1. The predicted molar refractivity (Wildman–Crippen MR) is 120 cm³/mol. The Morgan fingerprint density at radius 3 is 2.62 bits per heavy atom. The fourth-order valence-electron chi connectivity index (χ4n) is 5.13. The van der Waals surface area contributed by atoms with Gasteiger partial charge < -0.3 is 29.8 Å². The minimum absolute atomic E-state index is 0.0301. The van der Waals surface area contributed by atoms with E-state index < -0.39 is 54.5 Å². The molecule has 0 saturated carbocycles. The minimum atomic E-state index is -1.60. The zero-order chi connectivity index (χ0) is 26.3. The molecule has 0 radical (unpaired) electrons. The van der Waals surface area contributed by atoms with E-state index in [0.29, 0.717) is 25.8 Å². The van der Waals surface area contributed by atoms with E-state index in [-0.39, 0.29) is 29.2 Å². The summed E-state index contributed by atoms with van der Waals surface area (Å²) in [6.07, 6.45) is -1.59. The third-order valence-electron chi connectivity index (χ3n) is 7.03. The van der Waals surface area contributed by atoms with E-state index in [0.717, 1.165) is 17.8 Å². The number of carbonyl (C=O) groups excluding carboxylic acids is 1. The number of nitrogens with one attached hydrogen (secondary N) is 1. The van der Waals surface area contributed by atoms with Gasteiger partial charge in [0.1, 0.15) is 36.2 Å². The number of halogens is 3. The lowest BCUT2D eigenvalue weighted by Crippen LogP contribution is -2.57. The molecule has 2 unspecified atom stereocenters. The van der Waals surface area contributed by atoms with Crippen LogP contribution < -0.4 is 5.32 Å². The zero-order valence-electron chi connectivity index (χ0n) is 19.8. The van der Waals surface area contributed by atoms with Gasteiger partial charge in [-0.15, -0.1) is 5.10 Å². The maximum Gasteiger partial charge on any atom is 0.220 e. The molecule has 11 nitrogen and oxygen atoms in total. The second-order valence-electron chi connectivity index (χ2n) is 9.37. The third-order valence-corrected chi connectivity index (χ3v) is 7.03. The summed E-state index contributed by atoms with van der Waals surface area (Å²) in [5.74, 6) is -4.41. The number of ether oxygens (including phenoxy) is 2. The van der Waals surface area contributed by atoms with Gasteiger partial charge in [0, 0.05) is 44.4 Å². The van der Waals surface area contributed by atoms with Crippen molar-refractivity contribution in [3.05, 3.63) is 35.8 Å². The SMILES string of the molecule is CO[C@@H]1[C@@H](n2cc(-c3cc(F)c(F)c(F)c3)nn2)[C@@H](O)[C@@H](CO)O[C@@H]1CC1CC(C2CNC(=O)C2)=NO1. The van der Waals surface area contributed by atoms with Gasteiger partial charge in [-0.1, -0.05) is 10.4 Å². The Balaban J connectivity index is 1.35. The molecule has 4 heterocycles. The quantitative estimate of drug-likeness (QED) is 0.449. The number of benzene rings is 1. The first-order chi connectivity index (χ1) is 17.8. The van der Waals surface area contributed by atoms with Crippen LogP contribution in [0.3, 0.4) is 0 Å². The summed E-state index contributed by atoms with van der Waals surface area (Å²) >= 11 is 0. The Morgan fingerprint density at radius 1 is 1.22 bits per heavy atom. The molecule has 2 fully saturated rings. The van der Waals surface area contributed by atoms with Gasteiger partial charge in [-0.2, -0.15) is 0 Å². The Hall–Kier alpha value is -3.07. The number of rotatable bonds is 7. The molecule has 7 atom stereocenters. The number of aliphatic hydroxyl groups excluding tert-OH is 2. The summed E-state index contributed by atoms with van der Waals surface area (Å²) < 4.78 is 53.8. The number of oxime groups is 1. The van der Waals surface area contributed by atoms with Crippen molar-refractivity contribution in [3.8, 4) is 11.3 Å². The van der Waals surface area contributed by atoms with Crippen LogP contribution in [0.25, 0.3) is 11.3 Å². The van der Waals surface area contributed by atoms with E-state index in [1.165, 1.54) is 18.0 Å². The van der Waals surface area contributed by atoms with Crippen LogP contribution >= 0.6 is 0 Å². The standard InChI is InChI=1S/C23H26F3N5O6/c1-35-23-17(6-12-5-15(29-37-12)11-4-19(33)27-7-11)36-18(9-32)22(34)21(23)31-8-16(28-30-31)10-2-13(24)20(26)14(25)3-10/h2-3,8,11-12,17-18,21-23,32,34H,4-7,9H2,1H3,(H,27,33)/t11?,12?,17-,18-,21+,22+,23+/m1/s1. The highest BCUT2D eigenvalue weighted by Crippen LogP contribution is 2.36. The summed E-state index contributed by atoms with van der Waals surface area (Å²) in [6.45, 7) is 0.00931. The van der Waals surface area contributed by atoms with Crippen LogP contribution in [0, 0.1) is 23.4 Å². The van der Waals surface area contributed by atoms with Crippen molar-refractivity contribution in [2.24, 2.45) is 11.1 Å². The summed E-state index contributed by atoms with van der Waals surface area (Å²) in [5.41, 5.74) is 0.778. The van der Waals surface area contributed by atoms with E-state index in [4.69, 9.17) is 14.3 Å². The molecule has 1 aromatic heterocycles. The topological polar surface area (TPSA) is 140 Å². The average Bonchev–Trinajstić information content (AvgIpc) is 3.64. The van der Waals surface area contributed by atoms with Crippen molar-refractivity contribution < 1.29 is 42.5 Å². The van der Waals surface area contributed by atoms with Crippen LogP contribution in [-0.2, 0) is 19.1 Å². The Labute approximate surface area is 209 Å². The van der Waals surface area contributed by atoms with Gasteiger partial charge in [0.05, 0.1) is 24.6 Å². The second kappa shape index (κ2) is 10.4. The molecule has 14 heteroatoms. The molecule has 3 N–H and O–H groups in total. The van der Waals surface area contributed by atoms with Crippen molar-refractivity contribution in [2.75, 3.05) is 20.3 Å².